The van der Waals surface area contributed by atoms with E-state index in [9.17, 15) is 9.59 Å². The van der Waals surface area contributed by atoms with Gasteiger partial charge in [-0.2, -0.15) is 5.10 Å². The van der Waals surface area contributed by atoms with Crippen molar-refractivity contribution in [2.45, 2.75) is 13.8 Å². The van der Waals surface area contributed by atoms with E-state index in [0.29, 0.717) is 9.90 Å². The molecule has 0 spiro atoms. The van der Waals surface area contributed by atoms with Gasteiger partial charge in [0.1, 0.15) is 4.88 Å². The highest BCUT2D eigenvalue weighted by Crippen LogP contribution is 2.34. The molecular formula is C20H18ClN3O2S. The molecule has 2 aromatic carbocycles. The van der Waals surface area contributed by atoms with Crippen LogP contribution in [0.3, 0.4) is 0 Å². The van der Waals surface area contributed by atoms with E-state index in [4.69, 9.17) is 11.6 Å². The number of aryl methyl sites for hydroxylation is 2. The second-order valence-electron chi connectivity index (χ2n) is 6.08. The molecule has 0 bridgehead atoms. The van der Waals surface area contributed by atoms with Crippen molar-refractivity contribution in [3.05, 3.63) is 69.1 Å². The first kappa shape index (κ1) is 19.1. The van der Waals surface area contributed by atoms with Crippen molar-refractivity contribution < 1.29 is 9.59 Å². The van der Waals surface area contributed by atoms with Gasteiger partial charge < -0.3 is 5.32 Å². The predicted octanol–water partition coefficient (Wildman–Crippen LogP) is 4.05. The molecule has 27 heavy (non-hydrogen) atoms. The lowest BCUT2D eigenvalue weighted by Gasteiger charge is -2.04. The van der Waals surface area contributed by atoms with Crippen LogP contribution in [0.2, 0.25) is 5.02 Å². The lowest BCUT2D eigenvalue weighted by Crippen LogP contribution is -2.34. The Balaban J connectivity index is 1.56. The van der Waals surface area contributed by atoms with Gasteiger partial charge in [-0.3, -0.25) is 9.59 Å². The van der Waals surface area contributed by atoms with E-state index < -0.39 is 5.91 Å². The minimum absolute atomic E-state index is 0.187. The summed E-state index contributed by atoms with van der Waals surface area (Å²) in [5.74, 6) is -0.795. The van der Waals surface area contributed by atoms with E-state index in [0.717, 1.165) is 26.8 Å². The van der Waals surface area contributed by atoms with Crippen LogP contribution < -0.4 is 10.7 Å². The molecule has 3 rings (SSSR count). The van der Waals surface area contributed by atoms with Gasteiger partial charge in [-0.25, -0.2) is 5.43 Å². The Labute approximate surface area is 166 Å². The number of benzene rings is 2. The summed E-state index contributed by atoms with van der Waals surface area (Å²) in [7, 11) is 0. The summed E-state index contributed by atoms with van der Waals surface area (Å²) in [4.78, 5) is 24.6. The molecule has 0 aliphatic rings. The highest BCUT2D eigenvalue weighted by atomic mass is 35.5. The van der Waals surface area contributed by atoms with Crippen LogP contribution in [-0.2, 0) is 4.79 Å². The lowest BCUT2D eigenvalue weighted by atomic mass is 10.1. The molecule has 0 saturated carbocycles. The standard InChI is InChI=1S/C20H18ClN3O2S/c1-12-7-8-14(13(2)9-12)10-23-24-17(25)11-22-20(26)19-18(21)15-5-3-4-6-16(15)27-19/h3-10H,11H2,1-2H3,(H,22,26)(H,24,25)/b23-10-. The number of nitrogens with one attached hydrogen (secondary N) is 2. The Morgan fingerprint density at radius 1 is 1.19 bits per heavy atom. The zero-order chi connectivity index (χ0) is 19.4. The molecule has 7 heteroatoms. The minimum Gasteiger partial charge on any atom is -0.342 e. The van der Waals surface area contributed by atoms with Crippen LogP contribution in [0.4, 0.5) is 0 Å². The van der Waals surface area contributed by atoms with E-state index >= 15 is 0 Å². The summed E-state index contributed by atoms with van der Waals surface area (Å²) in [6.07, 6.45) is 1.58. The average molecular weight is 400 g/mol. The van der Waals surface area contributed by atoms with E-state index in [1.807, 2.05) is 56.3 Å². The van der Waals surface area contributed by atoms with Crippen LogP contribution in [0.25, 0.3) is 10.1 Å². The van der Waals surface area contributed by atoms with Gasteiger partial charge in [-0.05, 0) is 31.0 Å². The number of carbonyl (C=O) groups is 2. The Morgan fingerprint density at radius 2 is 1.96 bits per heavy atom. The summed E-state index contributed by atoms with van der Waals surface area (Å²) in [5, 5.41) is 7.74. The number of hydrogen-bond donors (Lipinski definition) is 2. The quantitative estimate of drug-likeness (QED) is 0.502. The topological polar surface area (TPSA) is 70.6 Å². The third kappa shape index (κ3) is 4.53. The number of nitrogens with zero attached hydrogens (tertiary/aromatic N) is 1. The number of fused-ring (bicyclic) bond motifs is 1. The fourth-order valence-corrected chi connectivity index (χ4v) is 4.02. The molecule has 1 aromatic heterocycles. The molecule has 0 aliphatic heterocycles. The summed E-state index contributed by atoms with van der Waals surface area (Å²) in [6, 6.07) is 13.5. The second-order valence-corrected chi connectivity index (χ2v) is 7.51. The monoisotopic (exact) mass is 399 g/mol. The van der Waals surface area contributed by atoms with Gasteiger partial charge in [0.2, 0.25) is 0 Å². The third-order valence-electron chi connectivity index (χ3n) is 3.97. The molecule has 5 nitrogen and oxygen atoms in total. The summed E-state index contributed by atoms with van der Waals surface area (Å²) < 4.78 is 0.926. The van der Waals surface area contributed by atoms with Crippen molar-refractivity contribution in [3.8, 4) is 0 Å². The van der Waals surface area contributed by atoms with Crippen molar-refractivity contribution in [3.63, 3.8) is 0 Å². The molecule has 3 aromatic rings. The number of carbonyl (C=O) groups excluding carboxylic acids is 2. The zero-order valence-electron chi connectivity index (χ0n) is 14.9. The predicted molar refractivity (Wildman–Crippen MR) is 111 cm³/mol. The van der Waals surface area contributed by atoms with Crippen molar-refractivity contribution in [1.82, 2.24) is 10.7 Å². The fourth-order valence-electron chi connectivity index (χ4n) is 2.58. The van der Waals surface area contributed by atoms with Crippen LogP contribution in [0.1, 0.15) is 26.4 Å². The molecule has 2 amide bonds. The highest BCUT2D eigenvalue weighted by molar-refractivity contribution is 7.21. The van der Waals surface area contributed by atoms with Crippen LogP contribution in [0.15, 0.2) is 47.6 Å². The summed E-state index contributed by atoms with van der Waals surface area (Å²) in [6.45, 7) is 3.81. The van der Waals surface area contributed by atoms with Crippen molar-refractivity contribution in [1.29, 1.82) is 0 Å². The molecule has 138 valence electrons. The van der Waals surface area contributed by atoms with Gasteiger partial charge in [-0.15, -0.1) is 11.3 Å². The van der Waals surface area contributed by atoms with Crippen LogP contribution in [0, 0.1) is 13.8 Å². The molecular weight excluding hydrogens is 382 g/mol. The van der Waals surface area contributed by atoms with Crippen LogP contribution in [0.5, 0.6) is 0 Å². The van der Waals surface area contributed by atoms with Crippen molar-refractivity contribution in [2.24, 2.45) is 5.10 Å². The summed E-state index contributed by atoms with van der Waals surface area (Å²) >= 11 is 7.57. The van der Waals surface area contributed by atoms with Crippen molar-refractivity contribution in [2.75, 3.05) is 6.54 Å². The maximum atomic E-state index is 12.3. The molecule has 0 unspecified atom stereocenters. The van der Waals surface area contributed by atoms with E-state index in [2.05, 4.69) is 15.8 Å². The molecule has 0 aliphatic carbocycles. The molecule has 2 N–H and O–H groups in total. The first-order valence-corrected chi connectivity index (χ1v) is 9.49. The van der Waals surface area contributed by atoms with Gasteiger partial charge in [0, 0.05) is 10.1 Å². The number of halogens is 1. The SMILES string of the molecule is Cc1ccc(/C=N\NC(=O)CNC(=O)c2sc3ccccc3c2Cl)c(C)c1. The Kier molecular flexibility index (Phi) is 5.88. The normalized spacial score (nSPS) is 11.1. The largest absolute Gasteiger partial charge is 0.342 e. The maximum absolute atomic E-state index is 12.3. The van der Waals surface area contributed by atoms with Gasteiger partial charge in [0.05, 0.1) is 17.8 Å². The van der Waals surface area contributed by atoms with E-state index in [1.54, 1.807) is 6.21 Å². The lowest BCUT2D eigenvalue weighted by molar-refractivity contribution is -0.120. The number of rotatable bonds is 5. The first-order valence-electron chi connectivity index (χ1n) is 8.30. The van der Waals surface area contributed by atoms with Gasteiger partial charge in [0.15, 0.2) is 0 Å². The van der Waals surface area contributed by atoms with Crippen LogP contribution in [-0.4, -0.2) is 24.6 Å². The van der Waals surface area contributed by atoms with Crippen LogP contribution >= 0.6 is 22.9 Å². The highest BCUT2D eigenvalue weighted by Gasteiger charge is 2.17. The molecule has 1 heterocycles. The number of hydrogen-bond acceptors (Lipinski definition) is 4. The number of hydrazone groups is 1. The minimum atomic E-state index is -0.415. The maximum Gasteiger partial charge on any atom is 0.263 e. The zero-order valence-corrected chi connectivity index (χ0v) is 16.4. The Morgan fingerprint density at radius 3 is 2.70 bits per heavy atom. The first-order chi connectivity index (χ1) is 13.0. The van der Waals surface area contributed by atoms with Gasteiger partial charge in [-0.1, -0.05) is 53.6 Å². The van der Waals surface area contributed by atoms with Gasteiger partial charge in [0.25, 0.3) is 11.8 Å². The number of thiophene rings is 1. The molecule has 0 saturated heterocycles. The fraction of sp³-hybridized carbons (Fsp3) is 0.150. The Hall–Kier alpha value is -2.70. The average Bonchev–Trinajstić information content (AvgIpc) is 2.99. The van der Waals surface area contributed by atoms with E-state index in [1.165, 1.54) is 11.3 Å². The van der Waals surface area contributed by atoms with E-state index in [-0.39, 0.29) is 12.5 Å². The summed E-state index contributed by atoms with van der Waals surface area (Å²) in [5.41, 5.74) is 5.56. The third-order valence-corrected chi connectivity index (χ3v) is 5.64. The molecule has 0 radical (unpaired) electrons. The molecule has 0 atom stereocenters. The van der Waals surface area contributed by atoms with Crippen molar-refractivity contribution >= 4 is 51.1 Å². The second kappa shape index (κ2) is 8.33. The molecule has 0 fully saturated rings. The van der Waals surface area contributed by atoms with Gasteiger partial charge >= 0.3 is 0 Å². The number of amides is 2. The Bertz CT molecular complexity index is 1040. The smallest absolute Gasteiger partial charge is 0.263 e.